The first-order chi connectivity index (χ1) is 14.7. The smallest absolute Gasteiger partial charge is 0.293 e. The van der Waals surface area contributed by atoms with Gasteiger partial charge in [-0.05, 0) is 33.3 Å². The van der Waals surface area contributed by atoms with Gasteiger partial charge >= 0.3 is 0 Å². The third-order valence-corrected chi connectivity index (χ3v) is 6.68. The molecule has 1 saturated heterocycles. The Bertz CT molecular complexity index is 847. The number of quaternary nitrogens is 1. The Morgan fingerprint density at radius 3 is 2.45 bits per heavy atom. The summed E-state index contributed by atoms with van der Waals surface area (Å²) in [5, 5.41) is 10.1. The van der Waals surface area contributed by atoms with E-state index in [0.717, 1.165) is 68.2 Å². The van der Waals surface area contributed by atoms with Crippen molar-refractivity contribution in [1.29, 1.82) is 5.26 Å². The molecule has 0 bridgehead atoms. The summed E-state index contributed by atoms with van der Waals surface area (Å²) in [6, 6.07) is 2.50. The number of H-pyrrole nitrogens is 1. The number of nitrogens with one attached hydrogen (secondary N) is 2. The van der Waals surface area contributed by atoms with Crippen LogP contribution >= 0.6 is 0 Å². The number of carbonyl (C=O) groups excluding carboxylic acids is 1. The average molecular weight is 430 g/mol. The predicted octanol–water partition coefficient (Wildman–Crippen LogP) is 0.920. The van der Waals surface area contributed by atoms with Crippen LogP contribution < -0.4 is 14.8 Å². The number of amides is 1. The van der Waals surface area contributed by atoms with Gasteiger partial charge in [-0.25, -0.2) is 9.88 Å². The maximum atomic E-state index is 12.5. The maximum Gasteiger partial charge on any atom is 0.293 e. The zero-order valence-corrected chi connectivity index (χ0v) is 20.1. The number of ether oxygens (including phenoxy) is 1. The van der Waals surface area contributed by atoms with Gasteiger partial charge in [0.2, 0.25) is 0 Å². The summed E-state index contributed by atoms with van der Waals surface area (Å²) in [4.78, 5) is 21.6. The number of piperazine rings is 1. The largest absolute Gasteiger partial charge is 0.370 e. The Hall–Kier alpha value is -2.17. The predicted molar refractivity (Wildman–Crippen MR) is 120 cm³/mol. The van der Waals surface area contributed by atoms with Crippen LogP contribution in [0.3, 0.4) is 0 Å². The lowest BCUT2D eigenvalue weighted by atomic mass is 9.86. The first kappa shape index (κ1) is 23.5. The summed E-state index contributed by atoms with van der Waals surface area (Å²) in [6.45, 7) is 18.7. The number of hydrogen-bond acceptors (Lipinski definition) is 4. The van der Waals surface area contributed by atoms with E-state index >= 15 is 0 Å². The number of fused-ring (bicyclic) bond motifs is 1. The van der Waals surface area contributed by atoms with E-state index in [-0.39, 0.29) is 11.5 Å². The standard InChI is InChI=1S/C24H37N5O2/c1-7-28(8-2)21(30)15-27-9-11-29(12-10-27)23-19(14-25)18-13-24(5,6)31-16-20(18)22(26-23)17(3)4/h17H,7-13,15-16H2,1-6H3/p+2. The molecule has 2 aliphatic heterocycles. The molecule has 2 N–H and O–H groups in total. The van der Waals surface area contributed by atoms with Gasteiger partial charge in [0.15, 0.2) is 6.54 Å². The van der Waals surface area contributed by atoms with Crippen molar-refractivity contribution in [3.8, 4) is 6.07 Å². The number of carbonyl (C=O) groups is 1. The molecule has 7 heteroatoms. The van der Waals surface area contributed by atoms with E-state index in [1.165, 1.54) is 10.6 Å². The molecule has 0 radical (unpaired) electrons. The number of anilines is 1. The number of rotatable bonds is 6. The van der Waals surface area contributed by atoms with Gasteiger partial charge in [-0.1, -0.05) is 13.8 Å². The number of aromatic amines is 1. The minimum absolute atomic E-state index is 0.232. The highest BCUT2D eigenvalue weighted by Gasteiger charge is 2.37. The van der Waals surface area contributed by atoms with E-state index < -0.39 is 0 Å². The lowest BCUT2D eigenvalue weighted by molar-refractivity contribution is -0.892. The van der Waals surface area contributed by atoms with Crippen LogP contribution in [0.5, 0.6) is 0 Å². The van der Waals surface area contributed by atoms with Crippen LogP contribution in [0.15, 0.2) is 0 Å². The highest BCUT2D eigenvalue weighted by atomic mass is 16.5. The molecule has 3 heterocycles. The second kappa shape index (κ2) is 9.54. The zero-order chi connectivity index (χ0) is 22.8. The molecule has 1 amide bonds. The minimum Gasteiger partial charge on any atom is -0.370 e. The minimum atomic E-state index is -0.265. The van der Waals surface area contributed by atoms with E-state index in [2.05, 4.69) is 43.6 Å². The third kappa shape index (κ3) is 5.02. The Kier molecular flexibility index (Phi) is 7.23. The van der Waals surface area contributed by atoms with Crippen molar-refractivity contribution < 1.29 is 19.4 Å². The van der Waals surface area contributed by atoms with Crippen LogP contribution in [0.2, 0.25) is 0 Å². The number of pyridine rings is 1. The number of likely N-dealkylation sites (N-methyl/N-ethyl adjacent to an activating group) is 1. The number of nitrogens with zero attached hydrogens (tertiary/aromatic N) is 3. The molecule has 170 valence electrons. The van der Waals surface area contributed by atoms with Crippen LogP contribution in [0.25, 0.3) is 0 Å². The van der Waals surface area contributed by atoms with Gasteiger partial charge in [0.1, 0.15) is 43.5 Å². The lowest BCUT2D eigenvalue weighted by Crippen LogP contribution is -3.16. The van der Waals surface area contributed by atoms with Gasteiger partial charge in [-0.15, -0.1) is 0 Å². The van der Waals surface area contributed by atoms with E-state index in [4.69, 9.17) is 4.74 Å². The van der Waals surface area contributed by atoms with Crippen molar-refractivity contribution in [1.82, 2.24) is 4.90 Å². The highest BCUT2D eigenvalue weighted by molar-refractivity contribution is 5.77. The van der Waals surface area contributed by atoms with Crippen LogP contribution in [-0.2, 0) is 22.6 Å². The molecule has 1 aromatic heterocycles. The van der Waals surface area contributed by atoms with Crippen LogP contribution in [0, 0.1) is 11.3 Å². The Morgan fingerprint density at radius 1 is 1.26 bits per heavy atom. The monoisotopic (exact) mass is 429 g/mol. The molecule has 3 rings (SSSR count). The molecule has 0 unspecified atom stereocenters. The molecule has 1 aromatic rings. The maximum absolute atomic E-state index is 12.5. The first-order valence-electron chi connectivity index (χ1n) is 11.7. The zero-order valence-electron chi connectivity index (χ0n) is 20.1. The highest BCUT2D eigenvalue weighted by Crippen LogP contribution is 2.35. The number of aromatic nitrogens is 1. The normalized spacial score (nSPS) is 18.6. The van der Waals surface area contributed by atoms with Gasteiger partial charge < -0.3 is 14.5 Å². The van der Waals surface area contributed by atoms with Crippen molar-refractivity contribution in [2.75, 3.05) is 50.7 Å². The Labute approximate surface area is 187 Å². The summed E-state index contributed by atoms with van der Waals surface area (Å²) in [5.41, 5.74) is 3.97. The Balaban J connectivity index is 1.83. The number of nitriles is 1. The SMILES string of the molecule is CCN(CC)C(=O)C[NH+]1CCN(c2[nH+]c(C(C)C)c3c(c2C#N)CC(C)(C)OC3)CC1. The fourth-order valence-corrected chi connectivity index (χ4v) is 4.80. The molecule has 0 aliphatic carbocycles. The van der Waals surface area contributed by atoms with E-state index in [1.54, 1.807) is 0 Å². The van der Waals surface area contributed by atoms with Crippen LogP contribution in [-0.4, -0.2) is 62.2 Å². The fraction of sp³-hybridized carbons (Fsp3) is 0.708. The third-order valence-electron chi connectivity index (χ3n) is 6.68. The van der Waals surface area contributed by atoms with E-state index in [1.807, 2.05) is 18.7 Å². The number of hydrogen-bond donors (Lipinski definition) is 1. The molecular formula is C24H39N5O2+2. The molecule has 0 atom stereocenters. The van der Waals surface area contributed by atoms with Crippen LogP contribution in [0.4, 0.5) is 5.82 Å². The lowest BCUT2D eigenvalue weighted by Gasteiger charge is -2.34. The molecule has 31 heavy (non-hydrogen) atoms. The summed E-state index contributed by atoms with van der Waals surface area (Å²) < 4.78 is 6.07. The topological polar surface area (TPSA) is 75.2 Å². The van der Waals surface area contributed by atoms with Crippen molar-refractivity contribution in [3.05, 3.63) is 22.4 Å². The summed E-state index contributed by atoms with van der Waals surface area (Å²) in [7, 11) is 0. The summed E-state index contributed by atoms with van der Waals surface area (Å²) in [5.74, 6) is 1.50. The molecule has 1 fully saturated rings. The summed E-state index contributed by atoms with van der Waals surface area (Å²) >= 11 is 0. The van der Waals surface area contributed by atoms with Gasteiger partial charge in [0.05, 0.1) is 12.2 Å². The van der Waals surface area contributed by atoms with Crippen molar-refractivity contribution in [2.45, 2.75) is 66.1 Å². The molecule has 0 aromatic carbocycles. The molecule has 0 saturated carbocycles. The second-order valence-electron chi connectivity index (χ2n) is 9.69. The van der Waals surface area contributed by atoms with E-state index in [0.29, 0.717) is 19.1 Å². The second-order valence-corrected chi connectivity index (χ2v) is 9.69. The van der Waals surface area contributed by atoms with Crippen molar-refractivity contribution in [3.63, 3.8) is 0 Å². The Morgan fingerprint density at radius 2 is 1.90 bits per heavy atom. The van der Waals surface area contributed by atoms with Gasteiger partial charge in [-0.2, -0.15) is 5.26 Å². The summed E-state index contributed by atoms with van der Waals surface area (Å²) in [6.07, 6.45) is 0.746. The van der Waals surface area contributed by atoms with Crippen molar-refractivity contribution >= 4 is 11.7 Å². The average Bonchev–Trinajstić information content (AvgIpc) is 2.73. The first-order valence-corrected chi connectivity index (χ1v) is 11.7. The quantitative estimate of drug-likeness (QED) is 0.730. The molecule has 7 nitrogen and oxygen atoms in total. The molecule has 0 spiro atoms. The van der Waals surface area contributed by atoms with Gasteiger partial charge in [0.25, 0.3) is 11.7 Å². The van der Waals surface area contributed by atoms with Crippen LogP contribution in [0.1, 0.15) is 69.8 Å². The fourth-order valence-electron chi connectivity index (χ4n) is 4.80. The molecule has 2 aliphatic rings. The van der Waals surface area contributed by atoms with Gasteiger partial charge in [-0.3, -0.25) is 4.79 Å². The van der Waals surface area contributed by atoms with E-state index in [9.17, 15) is 10.1 Å². The van der Waals surface area contributed by atoms with Gasteiger partial charge in [0, 0.05) is 31.0 Å². The molecular weight excluding hydrogens is 390 g/mol. The van der Waals surface area contributed by atoms with Crippen molar-refractivity contribution in [2.24, 2.45) is 0 Å².